The molecular formula is C15H25N5. The standard InChI is InChI=1S/C15H25N5/c1-16-15-13(4-3-5-17-15)10-19-7-9-20-8-6-18(2)11-14(20)12-19/h3-5,14H,6-12H2,1-2H3,(H,16,17). The van der Waals surface area contributed by atoms with Crippen molar-refractivity contribution in [1.82, 2.24) is 19.7 Å². The van der Waals surface area contributed by atoms with Gasteiger partial charge in [-0.3, -0.25) is 9.80 Å². The number of pyridine rings is 1. The number of hydrogen-bond acceptors (Lipinski definition) is 5. The average molecular weight is 275 g/mol. The van der Waals surface area contributed by atoms with Gasteiger partial charge >= 0.3 is 0 Å². The van der Waals surface area contributed by atoms with E-state index in [2.05, 4.69) is 38.1 Å². The molecule has 3 rings (SSSR count). The molecule has 110 valence electrons. The minimum atomic E-state index is 0.692. The van der Waals surface area contributed by atoms with Gasteiger partial charge in [-0.25, -0.2) is 4.98 Å². The van der Waals surface area contributed by atoms with Crippen molar-refractivity contribution in [3.63, 3.8) is 0 Å². The predicted octanol–water partition coefficient (Wildman–Crippen LogP) is 0.555. The first-order chi connectivity index (χ1) is 9.76. The largest absolute Gasteiger partial charge is 0.373 e. The lowest BCUT2D eigenvalue weighted by molar-refractivity contribution is 0.0176. The molecule has 1 unspecified atom stereocenters. The summed E-state index contributed by atoms with van der Waals surface area (Å²) in [5.41, 5.74) is 1.30. The van der Waals surface area contributed by atoms with Crippen molar-refractivity contribution in [3.05, 3.63) is 23.9 Å². The van der Waals surface area contributed by atoms with E-state index in [9.17, 15) is 0 Å². The normalized spacial score (nSPS) is 25.4. The molecule has 20 heavy (non-hydrogen) atoms. The summed E-state index contributed by atoms with van der Waals surface area (Å²) < 4.78 is 0. The average Bonchev–Trinajstić information content (AvgIpc) is 2.47. The first-order valence-corrected chi connectivity index (χ1v) is 7.53. The Hall–Kier alpha value is -1.17. The van der Waals surface area contributed by atoms with E-state index in [0.29, 0.717) is 6.04 Å². The number of anilines is 1. The van der Waals surface area contributed by atoms with Crippen molar-refractivity contribution in [3.8, 4) is 0 Å². The van der Waals surface area contributed by atoms with Crippen molar-refractivity contribution < 1.29 is 0 Å². The van der Waals surface area contributed by atoms with Crippen LogP contribution in [0.2, 0.25) is 0 Å². The van der Waals surface area contributed by atoms with E-state index in [1.165, 1.54) is 38.3 Å². The second-order valence-corrected chi connectivity index (χ2v) is 5.95. The van der Waals surface area contributed by atoms with Crippen molar-refractivity contribution in [2.75, 3.05) is 58.7 Å². The Morgan fingerprint density at radius 2 is 2.10 bits per heavy atom. The Kier molecular flexibility index (Phi) is 4.19. The number of likely N-dealkylation sites (N-methyl/N-ethyl adjacent to an activating group) is 1. The third kappa shape index (κ3) is 2.95. The second-order valence-electron chi connectivity index (χ2n) is 5.95. The van der Waals surface area contributed by atoms with Gasteiger partial charge in [0.1, 0.15) is 5.82 Å². The van der Waals surface area contributed by atoms with Crippen LogP contribution < -0.4 is 5.32 Å². The van der Waals surface area contributed by atoms with E-state index in [-0.39, 0.29) is 0 Å². The maximum atomic E-state index is 4.40. The summed E-state index contributed by atoms with van der Waals surface area (Å²) in [6.07, 6.45) is 1.85. The molecule has 0 radical (unpaired) electrons. The Morgan fingerprint density at radius 3 is 2.95 bits per heavy atom. The fourth-order valence-corrected chi connectivity index (χ4v) is 3.35. The van der Waals surface area contributed by atoms with E-state index in [4.69, 9.17) is 0 Å². The SMILES string of the molecule is CNc1ncccc1CN1CCN2CCN(C)CC2C1. The van der Waals surface area contributed by atoms with E-state index in [1.54, 1.807) is 0 Å². The molecule has 2 fully saturated rings. The molecule has 2 saturated heterocycles. The van der Waals surface area contributed by atoms with Crippen LogP contribution in [0.1, 0.15) is 5.56 Å². The van der Waals surface area contributed by atoms with E-state index in [0.717, 1.165) is 18.9 Å². The molecule has 1 N–H and O–H groups in total. The van der Waals surface area contributed by atoms with E-state index >= 15 is 0 Å². The summed E-state index contributed by atoms with van der Waals surface area (Å²) in [6.45, 7) is 8.17. The number of nitrogens with zero attached hydrogens (tertiary/aromatic N) is 4. The third-order valence-electron chi connectivity index (χ3n) is 4.50. The summed E-state index contributed by atoms with van der Waals surface area (Å²) in [7, 11) is 4.18. The zero-order valence-corrected chi connectivity index (χ0v) is 12.5. The highest BCUT2D eigenvalue weighted by atomic mass is 15.3. The van der Waals surface area contributed by atoms with Gasteiger partial charge in [-0.05, 0) is 13.1 Å². The van der Waals surface area contributed by atoms with Crippen LogP contribution in [0.4, 0.5) is 5.82 Å². The summed E-state index contributed by atoms with van der Waals surface area (Å²) in [5, 5.41) is 3.19. The lowest BCUT2D eigenvalue weighted by Crippen LogP contribution is -2.61. The van der Waals surface area contributed by atoms with Crippen molar-refractivity contribution in [2.24, 2.45) is 0 Å². The predicted molar refractivity (Wildman–Crippen MR) is 81.9 cm³/mol. The van der Waals surface area contributed by atoms with Crippen molar-refractivity contribution in [2.45, 2.75) is 12.6 Å². The topological polar surface area (TPSA) is 34.6 Å². The third-order valence-corrected chi connectivity index (χ3v) is 4.50. The van der Waals surface area contributed by atoms with Crippen LogP contribution in [0.15, 0.2) is 18.3 Å². The van der Waals surface area contributed by atoms with Crippen LogP contribution >= 0.6 is 0 Å². The molecular weight excluding hydrogens is 250 g/mol. The molecule has 1 aromatic heterocycles. The maximum Gasteiger partial charge on any atom is 0.130 e. The zero-order chi connectivity index (χ0) is 13.9. The van der Waals surface area contributed by atoms with Gasteiger partial charge in [0.25, 0.3) is 0 Å². The maximum absolute atomic E-state index is 4.40. The monoisotopic (exact) mass is 275 g/mol. The van der Waals surface area contributed by atoms with Gasteiger partial charge in [0.15, 0.2) is 0 Å². The van der Waals surface area contributed by atoms with Crippen LogP contribution in [0, 0.1) is 0 Å². The van der Waals surface area contributed by atoms with Crippen LogP contribution in [0.3, 0.4) is 0 Å². The minimum Gasteiger partial charge on any atom is -0.373 e. The molecule has 5 heteroatoms. The Labute approximate surface area is 121 Å². The summed E-state index contributed by atoms with van der Waals surface area (Å²) in [6, 6.07) is 4.90. The van der Waals surface area contributed by atoms with Crippen molar-refractivity contribution >= 4 is 5.82 Å². The summed E-state index contributed by atoms with van der Waals surface area (Å²) in [4.78, 5) is 12.1. The first kappa shape index (κ1) is 13.8. The fraction of sp³-hybridized carbons (Fsp3) is 0.667. The smallest absolute Gasteiger partial charge is 0.130 e. The van der Waals surface area contributed by atoms with Crippen LogP contribution in [-0.4, -0.2) is 79.1 Å². The minimum absolute atomic E-state index is 0.692. The van der Waals surface area contributed by atoms with Crippen molar-refractivity contribution in [1.29, 1.82) is 0 Å². The highest BCUT2D eigenvalue weighted by molar-refractivity contribution is 5.42. The molecule has 0 amide bonds. The molecule has 2 aliphatic heterocycles. The Balaban J connectivity index is 1.64. The molecule has 1 aromatic rings. The number of fused-ring (bicyclic) bond motifs is 1. The molecule has 0 aliphatic carbocycles. The van der Waals surface area contributed by atoms with Gasteiger partial charge in [-0.15, -0.1) is 0 Å². The Morgan fingerprint density at radius 1 is 1.25 bits per heavy atom. The van der Waals surface area contributed by atoms with Gasteiger partial charge in [-0.2, -0.15) is 0 Å². The molecule has 0 saturated carbocycles. The molecule has 1 atom stereocenters. The number of hydrogen-bond donors (Lipinski definition) is 1. The number of piperazine rings is 2. The van der Waals surface area contributed by atoms with Gasteiger partial charge in [0.05, 0.1) is 0 Å². The second kappa shape index (κ2) is 6.08. The zero-order valence-electron chi connectivity index (χ0n) is 12.5. The first-order valence-electron chi connectivity index (χ1n) is 7.53. The Bertz CT molecular complexity index is 450. The van der Waals surface area contributed by atoms with Crippen LogP contribution in [-0.2, 0) is 6.54 Å². The fourth-order valence-electron chi connectivity index (χ4n) is 3.35. The summed E-state index contributed by atoms with van der Waals surface area (Å²) in [5.74, 6) is 1.01. The van der Waals surface area contributed by atoms with Crippen LogP contribution in [0.5, 0.6) is 0 Å². The lowest BCUT2D eigenvalue weighted by atomic mass is 10.1. The van der Waals surface area contributed by atoms with Crippen LogP contribution in [0.25, 0.3) is 0 Å². The number of nitrogens with one attached hydrogen (secondary N) is 1. The van der Waals surface area contributed by atoms with Gasteiger partial charge < -0.3 is 10.2 Å². The molecule has 0 aromatic carbocycles. The van der Waals surface area contributed by atoms with E-state index < -0.39 is 0 Å². The van der Waals surface area contributed by atoms with Gasteiger partial charge in [-0.1, -0.05) is 6.07 Å². The highest BCUT2D eigenvalue weighted by Crippen LogP contribution is 2.19. The number of aromatic nitrogens is 1. The number of rotatable bonds is 3. The molecule has 0 spiro atoms. The lowest BCUT2D eigenvalue weighted by Gasteiger charge is -2.46. The molecule has 0 bridgehead atoms. The van der Waals surface area contributed by atoms with E-state index in [1.807, 2.05) is 19.3 Å². The molecule has 2 aliphatic rings. The van der Waals surface area contributed by atoms with Gasteiger partial charge in [0, 0.05) is 70.7 Å². The molecule has 3 heterocycles. The quantitative estimate of drug-likeness (QED) is 0.872. The van der Waals surface area contributed by atoms with Gasteiger partial charge in [0.2, 0.25) is 0 Å². The summed E-state index contributed by atoms with van der Waals surface area (Å²) >= 11 is 0. The molecule has 5 nitrogen and oxygen atoms in total. The highest BCUT2D eigenvalue weighted by Gasteiger charge is 2.30.